The van der Waals surface area contributed by atoms with Gasteiger partial charge in [0.2, 0.25) is 11.8 Å². The summed E-state index contributed by atoms with van der Waals surface area (Å²) in [4.78, 5) is 25.5. The average molecular weight is 246 g/mol. The van der Waals surface area contributed by atoms with E-state index in [1.54, 1.807) is 4.90 Å². The first kappa shape index (κ1) is 12.6. The molecule has 1 N–H and O–H groups in total. The highest BCUT2D eigenvalue weighted by atomic mass is 16.2. The van der Waals surface area contributed by atoms with Crippen LogP contribution in [-0.2, 0) is 9.59 Å². The molecule has 2 rings (SSSR count). The Balaban J connectivity index is 1.93. The molecule has 1 heterocycles. The van der Waals surface area contributed by atoms with E-state index < -0.39 is 0 Å². The second kappa shape index (κ2) is 5.67. The summed E-state index contributed by atoms with van der Waals surface area (Å²) in [5, 5.41) is 2.85. The average Bonchev–Trinajstić information content (AvgIpc) is 2.73. The predicted octanol–water partition coefficient (Wildman–Crippen LogP) is 1.88. The Labute approximate surface area is 107 Å². The van der Waals surface area contributed by atoms with Crippen LogP contribution in [0.5, 0.6) is 0 Å². The van der Waals surface area contributed by atoms with Crippen molar-refractivity contribution in [3.8, 4) is 0 Å². The van der Waals surface area contributed by atoms with Gasteiger partial charge in [-0.05, 0) is 18.6 Å². The minimum Gasteiger partial charge on any atom is -0.342 e. The molecule has 1 aliphatic rings. The Hall–Kier alpha value is -1.84. The fourth-order valence-electron chi connectivity index (χ4n) is 2.20. The fraction of sp³-hybridized carbons (Fsp3) is 0.429. The van der Waals surface area contributed by atoms with Crippen LogP contribution in [0.4, 0.5) is 5.69 Å². The van der Waals surface area contributed by atoms with Crippen molar-refractivity contribution in [2.45, 2.75) is 19.8 Å². The fourth-order valence-corrected chi connectivity index (χ4v) is 2.20. The molecule has 4 heteroatoms. The van der Waals surface area contributed by atoms with Crippen molar-refractivity contribution < 1.29 is 9.59 Å². The lowest BCUT2D eigenvalue weighted by molar-refractivity contribution is -0.128. The van der Waals surface area contributed by atoms with E-state index in [1.807, 2.05) is 37.3 Å². The summed E-state index contributed by atoms with van der Waals surface area (Å²) >= 11 is 0. The van der Waals surface area contributed by atoms with Crippen molar-refractivity contribution in [1.82, 2.24) is 4.90 Å². The Kier molecular flexibility index (Phi) is 3.97. The molecule has 4 nitrogen and oxygen atoms in total. The summed E-state index contributed by atoms with van der Waals surface area (Å²) < 4.78 is 0. The Morgan fingerprint density at radius 3 is 2.78 bits per heavy atom. The van der Waals surface area contributed by atoms with E-state index in [9.17, 15) is 9.59 Å². The minimum absolute atomic E-state index is 0.0619. The standard InChI is InChI=1S/C14H18N2O2/c1-2-8-16-10-11(9-13(16)17)14(18)15-12-6-4-3-5-7-12/h3-7,11H,2,8-10H2,1H3,(H,15,18)/t11-/m0/s1. The topological polar surface area (TPSA) is 49.4 Å². The van der Waals surface area contributed by atoms with Crippen LogP contribution in [0.25, 0.3) is 0 Å². The van der Waals surface area contributed by atoms with Crippen LogP contribution < -0.4 is 5.32 Å². The van der Waals surface area contributed by atoms with E-state index >= 15 is 0 Å². The number of hydrogen-bond acceptors (Lipinski definition) is 2. The maximum atomic E-state index is 12.0. The molecule has 0 aliphatic carbocycles. The lowest BCUT2D eigenvalue weighted by atomic mass is 10.1. The van der Waals surface area contributed by atoms with E-state index in [-0.39, 0.29) is 17.7 Å². The number of nitrogens with zero attached hydrogens (tertiary/aromatic N) is 1. The Bertz CT molecular complexity index is 431. The Morgan fingerprint density at radius 2 is 2.11 bits per heavy atom. The number of likely N-dealkylation sites (tertiary alicyclic amines) is 1. The normalized spacial score (nSPS) is 19.1. The van der Waals surface area contributed by atoms with Crippen molar-refractivity contribution in [3.05, 3.63) is 30.3 Å². The molecule has 0 unspecified atom stereocenters. The Morgan fingerprint density at radius 1 is 1.39 bits per heavy atom. The first-order valence-electron chi connectivity index (χ1n) is 6.34. The molecular formula is C14H18N2O2. The zero-order valence-electron chi connectivity index (χ0n) is 10.6. The van der Waals surface area contributed by atoms with Crippen molar-refractivity contribution in [2.24, 2.45) is 5.92 Å². The molecule has 1 fully saturated rings. The molecule has 1 atom stereocenters. The number of carbonyl (C=O) groups excluding carboxylic acids is 2. The van der Waals surface area contributed by atoms with Crippen LogP contribution in [0.3, 0.4) is 0 Å². The largest absolute Gasteiger partial charge is 0.342 e. The molecule has 96 valence electrons. The minimum atomic E-state index is -0.218. The van der Waals surface area contributed by atoms with E-state index in [0.717, 1.165) is 18.7 Å². The molecule has 1 saturated heterocycles. The van der Waals surface area contributed by atoms with Gasteiger partial charge in [-0.15, -0.1) is 0 Å². The van der Waals surface area contributed by atoms with Crippen molar-refractivity contribution in [3.63, 3.8) is 0 Å². The van der Waals surface area contributed by atoms with Gasteiger partial charge in [0.1, 0.15) is 0 Å². The lowest BCUT2D eigenvalue weighted by Crippen LogP contribution is -2.28. The van der Waals surface area contributed by atoms with Crippen LogP contribution in [0.1, 0.15) is 19.8 Å². The van der Waals surface area contributed by atoms with Gasteiger partial charge in [0.05, 0.1) is 5.92 Å². The summed E-state index contributed by atoms with van der Waals surface area (Å²) in [5.41, 5.74) is 0.781. The monoisotopic (exact) mass is 246 g/mol. The first-order valence-corrected chi connectivity index (χ1v) is 6.34. The summed E-state index contributed by atoms with van der Waals surface area (Å²) in [5.74, 6) is -0.192. The van der Waals surface area contributed by atoms with Crippen LogP contribution >= 0.6 is 0 Å². The molecule has 0 spiro atoms. The number of hydrogen-bond donors (Lipinski definition) is 1. The molecule has 0 radical (unpaired) electrons. The molecule has 0 aromatic heterocycles. The van der Waals surface area contributed by atoms with Crippen LogP contribution in [0, 0.1) is 5.92 Å². The van der Waals surface area contributed by atoms with E-state index in [4.69, 9.17) is 0 Å². The second-order valence-electron chi connectivity index (χ2n) is 4.60. The first-order chi connectivity index (χ1) is 8.70. The number of benzene rings is 1. The molecule has 1 aromatic rings. The van der Waals surface area contributed by atoms with Gasteiger partial charge < -0.3 is 10.2 Å². The highest BCUT2D eigenvalue weighted by molar-refractivity contribution is 5.97. The smallest absolute Gasteiger partial charge is 0.229 e. The summed E-state index contributed by atoms with van der Waals surface area (Å²) in [6, 6.07) is 9.34. The highest BCUT2D eigenvalue weighted by Gasteiger charge is 2.33. The molecule has 1 aromatic carbocycles. The molecule has 0 saturated carbocycles. The summed E-state index contributed by atoms with van der Waals surface area (Å²) in [6.45, 7) is 3.32. The van der Waals surface area contributed by atoms with Gasteiger partial charge in [0.25, 0.3) is 0 Å². The third-order valence-corrected chi connectivity index (χ3v) is 3.12. The van der Waals surface area contributed by atoms with Crippen LogP contribution in [0.15, 0.2) is 30.3 Å². The quantitative estimate of drug-likeness (QED) is 0.882. The van der Waals surface area contributed by atoms with Crippen molar-refractivity contribution >= 4 is 17.5 Å². The van der Waals surface area contributed by atoms with Gasteiger partial charge >= 0.3 is 0 Å². The predicted molar refractivity (Wildman–Crippen MR) is 70.0 cm³/mol. The van der Waals surface area contributed by atoms with Crippen molar-refractivity contribution in [2.75, 3.05) is 18.4 Å². The summed E-state index contributed by atoms with van der Waals surface area (Å²) in [7, 11) is 0. The van der Waals surface area contributed by atoms with E-state index in [0.29, 0.717) is 13.0 Å². The number of nitrogens with one attached hydrogen (secondary N) is 1. The number of para-hydroxylation sites is 1. The molecule has 1 aliphatic heterocycles. The van der Waals surface area contributed by atoms with Gasteiger partial charge in [-0.2, -0.15) is 0 Å². The maximum absolute atomic E-state index is 12.0. The zero-order valence-corrected chi connectivity index (χ0v) is 10.6. The summed E-state index contributed by atoms with van der Waals surface area (Å²) in [6.07, 6.45) is 1.26. The SMILES string of the molecule is CCCN1C[C@@H](C(=O)Nc2ccccc2)CC1=O. The molecular weight excluding hydrogens is 228 g/mol. The number of anilines is 1. The number of amides is 2. The van der Waals surface area contributed by atoms with E-state index in [1.165, 1.54) is 0 Å². The van der Waals surface area contributed by atoms with Crippen LogP contribution in [-0.4, -0.2) is 29.8 Å². The van der Waals surface area contributed by atoms with Gasteiger partial charge in [-0.25, -0.2) is 0 Å². The van der Waals surface area contributed by atoms with Crippen molar-refractivity contribution in [1.29, 1.82) is 0 Å². The van der Waals surface area contributed by atoms with Crippen LogP contribution in [0.2, 0.25) is 0 Å². The highest BCUT2D eigenvalue weighted by Crippen LogP contribution is 2.19. The number of carbonyl (C=O) groups is 2. The third kappa shape index (κ3) is 2.88. The van der Waals surface area contributed by atoms with Gasteiger partial charge in [0, 0.05) is 25.2 Å². The molecule has 0 bridgehead atoms. The molecule has 18 heavy (non-hydrogen) atoms. The van der Waals surface area contributed by atoms with E-state index in [2.05, 4.69) is 5.32 Å². The van der Waals surface area contributed by atoms with Gasteiger partial charge in [0.15, 0.2) is 0 Å². The second-order valence-corrected chi connectivity index (χ2v) is 4.60. The lowest BCUT2D eigenvalue weighted by Gasteiger charge is -2.15. The number of rotatable bonds is 4. The zero-order chi connectivity index (χ0) is 13.0. The van der Waals surface area contributed by atoms with Gasteiger partial charge in [-0.3, -0.25) is 9.59 Å². The maximum Gasteiger partial charge on any atom is 0.229 e. The third-order valence-electron chi connectivity index (χ3n) is 3.12. The molecule has 2 amide bonds. The van der Waals surface area contributed by atoms with Gasteiger partial charge in [-0.1, -0.05) is 25.1 Å².